The monoisotopic (exact) mass is 452 g/mol. The van der Waals surface area contributed by atoms with Crippen molar-refractivity contribution >= 4 is 0 Å². The molecule has 0 amide bonds. The normalized spacial score (nSPS) is 11.0. The number of halogens is 1. The van der Waals surface area contributed by atoms with Crippen LogP contribution in [-0.4, -0.2) is 25.1 Å². The van der Waals surface area contributed by atoms with Crippen LogP contribution in [0.5, 0.6) is 17.2 Å². The number of aromatic hydroxyl groups is 3. The Bertz CT molecular complexity index is 1470. The molecule has 0 bridgehead atoms. The second kappa shape index (κ2) is 8.41. The van der Waals surface area contributed by atoms with Crippen LogP contribution >= 0.6 is 0 Å². The molecular weight excluding hydrogens is 431 g/mol. The molecule has 0 aliphatic rings. The van der Waals surface area contributed by atoms with E-state index in [0.717, 1.165) is 27.8 Å². The minimum absolute atomic E-state index is 0.127. The first-order chi connectivity index (χ1) is 16.4. The molecule has 34 heavy (non-hydrogen) atoms. The second-order valence-electron chi connectivity index (χ2n) is 8.06. The molecule has 0 atom stereocenters. The fourth-order valence-corrected chi connectivity index (χ4v) is 4.01. The molecule has 5 aromatic rings. The summed E-state index contributed by atoms with van der Waals surface area (Å²) in [6.45, 7) is 1.89. The lowest BCUT2D eigenvalue weighted by Crippen LogP contribution is -2.02. The number of hydrogen-bond acceptors (Lipinski definition) is 4. The van der Waals surface area contributed by atoms with Gasteiger partial charge in [0.15, 0.2) is 0 Å². The van der Waals surface area contributed by atoms with Gasteiger partial charge in [0, 0.05) is 16.7 Å². The van der Waals surface area contributed by atoms with E-state index >= 15 is 0 Å². The van der Waals surface area contributed by atoms with E-state index in [1.165, 1.54) is 12.1 Å². The third-order valence-electron chi connectivity index (χ3n) is 5.72. The van der Waals surface area contributed by atoms with Crippen LogP contribution in [0.25, 0.3) is 39.3 Å². The highest BCUT2D eigenvalue weighted by atomic mass is 19.1. The highest BCUT2D eigenvalue weighted by molar-refractivity contribution is 5.93. The SMILES string of the molecule is Cc1ccc(F)cc1-n1nc(-c2ccc(O)cc2)c(-c2ccc(O)cc2)c1-c1ccc(O)cc1. The van der Waals surface area contributed by atoms with Gasteiger partial charge in [-0.3, -0.25) is 0 Å². The molecule has 1 heterocycles. The average Bonchev–Trinajstić information content (AvgIpc) is 3.22. The molecular formula is C28H21FN2O3. The van der Waals surface area contributed by atoms with Crippen LogP contribution in [0.3, 0.4) is 0 Å². The molecule has 0 fully saturated rings. The third-order valence-corrected chi connectivity index (χ3v) is 5.72. The van der Waals surface area contributed by atoms with Crippen molar-refractivity contribution < 1.29 is 19.7 Å². The van der Waals surface area contributed by atoms with Crippen molar-refractivity contribution in [2.75, 3.05) is 0 Å². The lowest BCUT2D eigenvalue weighted by Gasteiger charge is -2.13. The van der Waals surface area contributed by atoms with E-state index in [0.29, 0.717) is 17.1 Å². The Morgan fingerprint density at radius 1 is 0.647 bits per heavy atom. The summed E-state index contributed by atoms with van der Waals surface area (Å²) in [7, 11) is 0. The molecule has 5 nitrogen and oxygen atoms in total. The second-order valence-corrected chi connectivity index (χ2v) is 8.06. The topological polar surface area (TPSA) is 78.5 Å². The lowest BCUT2D eigenvalue weighted by molar-refractivity contribution is 0.475. The average molecular weight is 452 g/mol. The summed E-state index contributed by atoms with van der Waals surface area (Å²) in [5, 5.41) is 34.5. The fourth-order valence-electron chi connectivity index (χ4n) is 4.01. The van der Waals surface area contributed by atoms with Crippen molar-refractivity contribution in [3.05, 3.63) is 102 Å². The van der Waals surface area contributed by atoms with Gasteiger partial charge in [0.05, 0.1) is 11.4 Å². The minimum Gasteiger partial charge on any atom is -0.508 e. The number of aromatic nitrogens is 2. The predicted molar refractivity (Wildman–Crippen MR) is 130 cm³/mol. The van der Waals surface area contributed by atoms with Crippen LogP contribution in [0.4, 0.5) is 4.39 Å². The Hall–Kier alpha value is -4.58. The number of phenols is 3. The van der Waals surface area contributed by atoms with E-state index in [1.54, 1.807) is 83.5 Å². The van der Waals surface area contributed by atoms with Gasteiger partial charge < -0.3 is 15.3 Å². The minimum atomic E-state index is -0.384. The van der Waals surface area contributed by atoms with E-state index in [4.69, 9.17) is 5.10 Å². The molecule has 6 heteroatoms. The van der Waals surface area contributed by atoms with Gasteiger partial charge in [0.25, 0.3) is 0 Å². The highest BCUT2D eigenvalue weighted by Gasteiger charge is 2.24. The highest BCUT2D eigenvalue weighted by Crippen LogP contribution is 2.42. The van der Waals surface area contributed by atoms with E-state index in [1.807, 2.05) is 6.92 Å². The van der Waals surface area contributed by atoms with Gasteiger partial charge in [-0.2, -0.15) is 5.10 Å². The van der Waals surface area contributed by atoms with E-state index < -0.39 is 0 Å². The van der Waals surface area contributed by atoms with Gasteiger partial charge in [0.2, 0.25) is 0 Å². The van der Waals surface area contributed by atoms with Gasteiger partial charge in [-0.05, 0) is 90.8 Å². The molecule has 0 saturated carbocycles. The summed E-state index contributed by atoms with van der Waals surface area (Å²) in [5.41, 5.74) is 5.81. The molecule has 3 N–H and O–H groups in total. The van der Waals surface area contributed by atoms with Crippen molar-refractivity contribution in [2.24, 2.45) is 0 Å². The largest absolute Gasteiger partial charge is 0.508 e. The molecule has 0 spiro atoms. The number of hydrogen-bond donors (Lipinski definition) is 3. The van der Waals surface area contributed by atoms with Crippen molar-refractivity contribution in [3.63, 3.8) is 0 Å². The summed E-state index contributed by atoms with van der Waals surface area (Å²) in [6.07, 6.45) is 0. The summed E-state index contributed by atoms with van der Waals surface area (Å²) in [4.78, 5) is 0. The Morgan fingerprint density at radius 2 is 1.15 bits per heavy atom. The van der Waals surface area contributed by atoms with Gasteiger partial charge in [-0.1, -0.05) is 18.2 Å². The van der Waals surface area contributed by atoms with E-state index in [9.17, 15) is 19.7 Å². The molecule has 168 valence electrons. The van der Waals surface area contributed by atoms with E-state index in [2.05, 4.69) is 0 Å². The van der Waals surface area contributed by atoms with Crippen LogP contribution < -0.4 is 0 Å². The number of nitrogens with zero attached hydrogens (tertiary/aromatic N) is 2. The molecule has 4 aromatic carbocycles. The van der Waals surface area contributed by atoms with Gasteiger partial charge in [-0.15, -0.1) is 0 Å². The zero-order chi connectivity index (χ0) is 23.8. The molecule has 1 aromatic heterocycles. The first-order valence-electron chi connectivity index (χ1n) is 10.7. The van der Waals surface area contributed by atoms with Crippen LogP contribution in [0.1, 0.15) is 5.56 Å². The van der Waals surface area contributed by atoms with Gasteiger partial charge >= 0.3 is 0 Å². The maximum absolute atomic E-state index is 14.3. The Labute approximate surface area is 195 Å². The van der Waals surface area contributed by atoms with Crippen molar-refractivity contribution in [1.82, 2.24) is 9.78 Å². The van der Waals surface area contributed by atoms with Crippen LogP contribution in [0.15, 0.2) is 91.0 Å². The van der Waals surface area contributed by atoms with Crippen molar-refractivity contribution in [1.29, 1.82) is 0 Å². The molecule has 0 aliphatic heterocycles. The first-order valence-corrected chi connectivity index (χ1v) is 10.7. The molecule has 0 radical (unpaired) electrons. The maximum atomic E-state index is 14.3. The Morgan fingerprint density at radius 3 is 1.71 bits per heavy atom. The maximum Gasteiger partial charge on any atom is 0.125 e. The molecule has 0 aliphatic carbocycles. The van der Waals surface area contributed by atoms with Crippen LogP contribution in [-0.2, 0) is 0 Å². The smallest absolute Gasteiger partial charge is 0.125 e. The van der Waals surface area contributed by atoms with Gasteiger partial charge in [-0.25, -0.2) is 9.07 Å². The molecule has 0 saturated heterocycles. The van der Waals surface area contributed by atoms with Crippen LogP contribution in [0, 0.1) is 12.7 Å². The number of phenolic OH excluding ortho intramolecular Hbond substituents is 3. The lowest BCUT2D eigenvalue weighted by atomic mass is 9.95. The summed E-state index contributed by atoms with van der Waals surface area (Å²) in [6, 6.07) is 24.8. The zero-order valence-corrected chi connectivity index (χ0v) is 18.3. The predicted octanol–water partition coefficient (Wildman–Crippen LogP) is 6.44. The summed E-state index contributed by atoms with van der Waals surface area (Å²) >= 11 is 0. The Kier molecular flexibility index (Phi) is 5.26. The van der Waals surface area contributed by atoms with Crippen LogP contribution in [0.2, 0.25) is 0 Å². The number of benzene rings is 4. The quantitative estimate of drug-likeness (QED) is 0.293. The first kappa shape index (κ1) is 21.3. The summed E-state index contributed by atoms with van der Waals surface area (Å²) < 4.78 is 16.0. The molecule has 0 unspecified atom stereocenters. The van der Waals surface area contributed by atoms with Gasteiger partial charge in [0.1, 0.15) is 28.8 Å². The Balaban J connectivity index is 1.90. The number of rotatable bonds is 4. The third kappa shape index (κ3) is 3.86. The molecule has 5 rings (SSSR count). The standard InChI is InChI=1S/C28H21FN2O3/c1-17-2-9-21(29)16-25(17)31-28(20-7-14-24(34)15-8-20)26(18-3-10-22(32)11-4-18)27(30-31)19-5-12-23(33)13-6-19/h2-16,32-34H,1H3. The van der Waals surface area contributed by atoms with Crippen molar-refractivity contribution in [3.8, 4) is 56.6 Å². The summed E-state index contributed by atoms with van der Waals surface area (Å²) in [5.74, 6) is 0.00963. The van der Waals surface area contributed by atoms with Crippen molar-refractivity contribution in [2.45, 2.75) is 6.92 Å². The van der Waals surface area contributed by atoms with E-state index in [-0.39, 0.29) is 23.1 Å². The zero-order valence-electron chi connectivity index (χ0n) is 18.3. The fraction of sp³-hybridized carbons (Fsp3) is 0.0357. The number of aryl methyl sites for hydroxylation is 1.